The monoisotopic (exact) mass is 404 g/mol. The van der Waals surface area contributed by atoms with Gasteiger partial charge in [-0.1, -0.05) is 0 Å². The molecule has 2 N–H and O–H groups in total. The Labute approximate surface area is 161 Å². The number of hydrogen-bond donors (Lipinski definition) is 2. The maximum Gasteiger partial charge on any atom is 0.303 e. The number of ether oxygens (including phenoxy) is 5. The van der Waals surface area contributed by atoms with E-state index in [0.717, 1.165) is 20.8 Å². The summed E-state index contributed by atoms with van der Waals surface area (Å²) in [4.78, 5) is 57.1. The molecule has 12 nitrogen and oxygen atoms in total. The Kier molecular flexibility index (Phi) is 8.79. The third kappa shape index (κ3) is 7.48. The van der Waals surface area contributed by atoms with Crippen molar-refractivity contribution in [1.82, 2.24) is 10.9 Å². The molecule has 1 amide bonds. The van der Waals surface area contributed by atoms with Gasteiger partial charge in [0.15, 0.2) is 24.5 Å². The van der Waals surface area contributed by atoms with Gasteiger partial charge in [-0.25, -0.2) is 5.43 Å². The number of carbonyl (C=O) groups is 5. The van der Waals surface area contributed by atoms with Crippen LogP contribution < -0.4 is 10.9 Å². The van der Waals surface area contributed by atoms with Crippen LogP contribution in [-0.2, 0) is 47.7 Å². The molecule has 0 radical (unpaired) electrons. The number of hydrazine groups is 1. The molecule has 0 bridgehead atoms. The van der Waals surface area contributed by atoms with Gasteiger partial charge in [-0.2, -0.15) is 0 Å². The van der Waals surface area contributed by atoms with Gasteiger partial charge in [0.1, 0.15) is 12.7 Å². The van der Waals surface area contributed by atoms with Crippen LogP contribution in [0.25, 0.3) is 0 Å². The highest BCUT2D eigenvalue weighted by Gasteiger charge is 2.52. The largest absolute Gasteiger partial charge is 0.463 e. The van der Waals surface area contributed by atoms with Gasteiger partial charge in [0.2, 0.25) is 5.91 Å². The van der Waals surface area contributed by atoms with Crippen molar-refractivity contribution in [2.45, 2.75) is 65.3 Å². The molecule has 1 heterocycles. The lowest BCUT2D eigenvalue weighted by molar-refractivity contribution is -0.259. The first-order valence-corrected chi connectivity index (χ1v) is 8.33. The number of amides is 1. The lowest BCUT2D eigenvalue weighted by Crippen LogP contribution is -2.67. The van der Waals surface area contributed by atoms with E-state index < -0.39 is 60.4 Å². The smallest absolute Gasteiger partial charge is 0.303 e. The second kappa shape index (κ2) is 10.6. The summed E-state index contributed by atoms with van der Waals surface area (Å²) in [5, 5.41) is 0. The van der Waals surface area contributed by atoms with E-state index >= 15 is 0 Å². The van der Waals surface area contributed by atoms with E-state index in [1.807, 2.05) is 0 Å². The zero-order valence-corrected chi connectivity index (χ0v) is 16.2. The van der Waals surface area contributed by atoms with Gasteiger partial charge in [-0.3, -0.25) is 29.4 Å². The molecule has 0 spiro atoms. The second-order valence-corrected chi connectivity index (χ2v) is 5.95. The topological polar surface area (TPSA) is 156 Å². The van der Waals surface area contributed by atoms with E-state index in [0.29, 0.717) is 0 Å². The van der Waals surface area contributed by atoms with Crippen molar-refractivity contribution >= 4 is 29.8 Å². The van der Waals surface area contributed by atoms with Gasteiger partial charge >= 0.3 is 23.9 Å². The van der Waals surface area contributed by atoms with Crippen molar-refractivity contribution in [2.24, 2.45) is 0 Å². The molecular weight excluding hydrogens is 380 g/mol. The Morgan fingerprint density at radius 1 is 0.750 bits per heavy atom. The van der Waals surface area contributed by atoms with Gasteiger partial charge in [0.05, 0.1) is 0 Å². The summed E-state index contributed by atoms with van der Waals surface area (Å²) in [5.41, 5.74) is 4.77. The molecule has 5 atom stereocenters. The van der Waals surface area contributed by atoms with E-state index in [1.54, 1.807) is 0 Å². The molecule has 12 heteroatoms. The fraction of sp³-hybridized carbons (Fsp3) is 0.688. The maximum absolute atomic E-state index is 11.6. The average molecular weight is 404 g/mol. The number of carbonyl (C=O) groups excluding carboxylic acids is 5. The molecule has 1 rings (SSSR count). The minimum atomic E-state index is -1.30. The summed E-state index contributed by atoms with van der Waals surface area (Å²) in [5.74, 6) is -3.31. The van der Waals surface area contributed by atoms with Gasteiger partial charge < -0.3 is 23.7 Å². The lowest BCUT2D eigenvalue weighted by atomic mass is 9.97. The van der Waals surface area contributed by atoms with Crippen molar-refractivity contribution in [1.29, 1.82) is 0 Å². The molecule has 0 aliphatic carbocycles. The number of nitrogens with one attached hydrogen (secondary N) is 2. The third-order valence-corrected chi connectivity index (χ3v) is 3.38. The van der Waals surface area contributed by atoms with Crippen LogP contribution in [0.15, 0.2) is 0 Å². The normalized spacial score (nSPS) is 26.5. The van der Waals surface area contributed by atoms with Crippen LogP contribution in [0.4, 0.5) is 0 Å². The van der Waals surface area contributed by atoms with Crippen molar-refractivity contribution in [2.75, 3.05) is 6.61 Å². The summed E-state index contributed by atoms with van der Waals surface area (Å²) >= 11 is 0. The van der Waals surface area contributed by atoms with Crippen molar-refractivity contribution in [3.05, 3.63) is 0 Å². The van der Waals surface area contributed by atoms with Crippen LogP contribution in [-0.4, -0.2) is 67.0 Å². The van der Waals surface area contributed by atoms with E-state index in [-0.39, 0.29) is 6.61 Å². The molecule has 1 fully saturated rings. The van der Waals surface area contributed by atoms with Crippen molar-refractivity contribution < 1.29 is 47.7 Å². The van der Waals surface area contributed by atoms with E-state index in [2.05, 4.69) is 10.9 Å². The van der Waals surface area contributed by atoms with Gasteiger partial charge in [-0.05, 0) is 0 Å². The van der Waals surface area contributed by atoms with Crippen LogP contribution in [0.1, 0.15) is 34.6 Å². The Balaban J connectivity index is 3.26. The summed E-state index contributed by atoms with van der Waals surface area (Å²) < 4.78 is 26.2. The predicted octanol–water partition coefficient (Wildman–Crippen LogP) is -1.29. The Hall–Kier alpha value is -2.73. The molecule has 0 aromatic heterocycles. The van der Waals surface area contributed by atoms with Gasteiger partial charge in [-0.15, -0.1) is 0 Å². The molecule has 0 aromatic rings. The minimum Gasteiger partial charge on any atom is -0.463 e. The Bertz CT molecular complexity index is 579. The van der Waals surface area contributed by atoms with Crippen molar-refractivity contribution in [3.63, 3.8) is 0 Å². The maximum atomic E-state index is 11.6. The van der Waals surface area contributed by atoms with Crippen LogP contribution in [0.2, 0.25) is 0 Å². The second-order valence-electron chi connectivity index (χ2n) is 5.95. The summed E-state index contributed by atoms with van der Waals surface area (Å²) in [6, 6.07) is 0. The molecule has 1 saturated heterocycles. The fourth-order valence-corrected chi connectivity index (χ4v) is 2.52. The molecule has 158 valence electrons. The molecule has 0 aromatic carbocycles. The molecular formula is C16H24N2O10. The van der Waals surface area contributed by atoms with E-state index in [4.69, 9.17) is 23.7 Å². The molecule has 0 unspecified atom stereocenters. The molecule has 0 saturated carbocycles. The first kappa shape index (κ1) is 23.3. The quantitative estimate of drug-likeness (QED) is 0.296. The average Bonchev–Trinajstić information content (AvgIpc) is 2.54. The Morgan fingerprint density at radius 3 is 1.71 bits per heavy atom. The first-order valence-electron chi connectivity index (χ1n) is 8.33. The molecule has 1 aliphatic heterocycles. The summed E-state index contributed by atoms with van der Waals surface area (Å²) in [6.45, 7) is 5.39. The zero-order valence-electron chi connectivity index (χ0n) is 16.2. The lowest BCUT2D eigenvalue weighted by Gasteiger charge is -2.44. The van der Waals surface area contributed by atoms with Crippen LogP contribution >= 0.6 is 0 Å². The highest BCUT2D eigenvalue weighted by atomic mass is 16.7. The van der Waals surface area contributed by atoms with Crippen LogP contribution in [0.5, 0.6) is 0 Å². The minimum absolute atomic E-state index is 0.351. The van der Waals surface area contributed by atoms with Gasteiger partial charge in [0, 0.05) is 34.6 Å². The SMILES string of the molecule is CC(=O)NN[C@@H]1O[C@H](COC(C)=O)[C@@H](OC(C)=O)[C@H](OC(C)=O)[C@H]1OC(C)=O. The van der Waals surface area contributed by atoms with E-state index in [9.17, 15) is 24.0 Å². The van der Waals surface area contributed by atoms with Crippen molar-refractivity contribution in [3.8, 4) is 0 Å². The standard InChI is InChI=1S/C16H24N2O10/c1-7(19)17-18-16-15(27-11(5)23)14(26-10(4)22)13(25-9(3)21)12(28-16)6-24-8(2)20/h12-16,18H,6H2,1-5H3,(H,17,19)/t12-,13-,14+,15-,16-/m1/s1. The van der Waals surface area contributed by atoms with Crippen LogP contribution in [0.3, 0.4) is 0 Å². The zero-order chi connectivity index (χ0) is 21.4. The highest BCUT2D eigenvalue weighted by molar-refractivity contribution is 5.72. The van der Waals surface area contributed by atoms with Gasteiger partial charge in [0.25, 0.3) is 0 Å². The first-order chi connectivity index (χ1) is 13.0. The highest BCUT2D eigenvalue weighted by Crippen LogP contribution is 2.28. The summed E-state index contributed by atoms with van der Waals surface area (Å²) in [6.07, 6.45) is -6.13. The molecule has 1 aliphatic rings. The summed E-state index contributed by atoms with van der Waals surface area (Å²) in [7, 11) is 0. The number of hydrogen-bond acceptors (Lipinski definition) is 11. The van der Waals surface area contributed by atoms with Crippen LogP contribution in [0, 0.1) is 0 Å². The molecule has 28 heavy (non-hydrogen) atoms. The Morgan fingerprint density at radius 2 is 1.25 bits per heavy atom. The van der Waals surface area contributed by atoms with E-state index in [1.165, 1.54) is 13.8 Å². The number of rotatable bonds is 7. The number of esters is 4. The fourth-order valence-electron chi connectivity index (χ4n) is 2.52. The third-order valence-electron chi connectivity index (χ3n) is 3.38. The predicted molar refractivity (Wildman–Crippen MR) is 88.9 cm³/mol.